The molecule has 3 rings (SSSR count). The number of fused-ring (bicyclic) bond motifs is 2. The molecule has 0 aliphatic rings. The molecule has 5 heteroatoms. The fraction of sp³-hybridized carbons (Fsp3) is 0. The van der Waals surface area contributed by atoms with Crippen LogP contribution < -0.4 is 5.30 Å². The molecular weight excluding hydrogens is 275 g/mol. The summed E-state index contributed by atoms with van der Waals surface area (Å²) < 4.78 is 11.5. The third-order valence-electron chi connectivity index (χ3n) is 3.04. The molecule has 0 aliphatic heterocycles. The Morgan fingerprint density at radius 1 is 0.800 bits per heavy atom. The van der Waals surface area contributed by atoms with Gasteiger partial charge in [-0.3, -0.25) is 4.57 Å². The fourth-order valence-electron chi connectivity index (χ4n) is 2.20. The average Bonchev–Trinajstić information content (AvgIpc) is 2.45. The highest BCUT2D eigenvalue weighted by Gasteiger charge is 2.19. The van der Waals surface area contributed by atoms with Crippen molar-refractivity contribution in [1.82, 2.24) is 0 Å². The molecule has 2 N–H and O–H groups in total. The third kappa shape index (κ3) is 2.63. The Labute approximate surface area is 115 Å². The lowest BCUT2D eigenvalue weighted by Crippen LogP contribution is -2.04. The van der Waals surface area contributed by atoms with E-state index in [-0.39, 0.29) is 5.30 Å². The van der Waals surface area contributed by atoms with Crippen molar-refractivity contribution in [1.29, 1.82) is 0 Å². The van der Waals surface area contributed by atoms with Crippen LogP contribution in [0.3, 0.4) is 0 Å². The minimum Gasteiger partial charge on any atom is -0.321 e. The summed E-state index contributed by atoms with van der Waals surface area (Å²) >= 11 is 0. The molecule has 0 aliphatic carbocycles. The number of carbonyl (C=O) groups is 1. The van der Waals surface area contributed by atoms with Gasteiger partial charge in [0.1, 0.15) is 6.79 Å². The van der Waals surface area contributed by atoms with E-state index in [2.05, 4.69) is 0 Å². The molecule has 0 atom stereocenters. The van der Waals surface area contributed by atoms with E-state index in [9.17, 15) is 14.4 Å². The van der Waals surface area contributed by atoms with E-state index in [1.54, 1.807) is 6.07 Å². The Bertz CT molecular complexity index is 807. The SMILES string of the molecule is C=O.O=P(O)(O)c1cccc2cc3ccccc3cc12. The summed E-state index contributed by atoms with van der Waals surface area (Å²) in [4.78, 5) is 26.7. The lowest BCUT2D eigenvalue weighted by Gasteiger charge is -2.09. The largest absolute Gasteiger partial charge is 0.356 e. The molecule has 0 heterocycles. The Morgan fingerprint density at radius 3 is 1.95 bits per heavy atom. The number of carbonyl (C=O) groups excluding carboxylic acids is 1. The summed E-state index contributed by atoms with van der Waals surface area (Å²) in [6, 6.07) is 16.6. The number of benzene rings is 3. The van der Waals surface area contributed by atoms with Gasteiger partial charge in [0.05, 0.1) is 5.30 Å². The van der Waals surface area contributed by atoms with Crippen LogP contribution in [0.2, 0.25) is 0 Å². The molecule has 0 spiro atoms. The highest BCUT2D eigenvalue weighted by Crippen LogP contribution is 2.37. The molecular formula is C15H13O4P. The molecule has 20 heavy (non-hydrogen) atoms. The van der Waals surface area contributed by atoms with Gasteiger partial charge in [-0.1, -0.05) is 36.4 Å². The van der Waals surface area contributed by atoms with Gasteiger partial charge >= 0.3 is 7.60 Å². The molecule has 3 aromatic rings. The van der Waals surface area contributed by atoms with Crippen molar-refractivity contribution in [3.63, 3.8) is 0 Å². The van der Waals surface area contributed by atoms with Crippen LogP contribution in [0, 0.1) is 0 Å². The number of hydrogen-bond acceptors (Lipinski definition) is 2. The Kier molecular flexibility index (Phi) is 4.00. The molecule has 0 aromatic heterocycles. The molecule has 0 fully saturated rings. The van der Waals surface area contributed by atoms with Crippen LogP contribution in [0.25, 0.3) is 21.5 Å². The molecule has 0 amide bonds. The van der Waals surface area contributed by atoms with Gasteiger partial charge in [-0.15, -0.1) is 0 Å². The van der Waals surface area contributed by atoms with Gasteiger partial charge in [0.25, 0.3) is 0 Å². The molecule has 102 valence electrons. The van der Waals surface area contributed by atoms with E-state index >= 15 is 0 Å². The first-order valence-corrected chi connectivity index (χ1v) is 7.43. The van der Waals surface area contributed by atoms with Crippen LogP contribution in [0.5, 0.6) is 0 Å². The third-order valence-corrected chi connectivity index (χ3v) is 4.06. The van der Waals surface area contributed by atoms with Crippen LogP contribution in [-0.2, 0) is 9.36 Å². The molecule has 4 nitrogen and oxygen atoms in total. The predicted octanol–water partition coefficient (Wildman–Crippen LogP) is 2.61. The molecule has 0 bridgehead atoms. The van der Waals surface area contributed by atoms with Crippen LogP contribution in [-0.4, -0.2) is 16.6 Å². The van der Waals surface area contributed by atoms with Gasteiger partial charge in [0.2, 0.25) is 0 Å². The summed E-state index contributed by atoms with van der Waals surface area (Å²) in [7, 11) is -4.24. The summed E-state index contributed by atoms with van der Waals surface area (Å²) in [6.07, 6.45) is 0. The molecule has 0 radical (unpaired) electrons. The Morgan fingerprint density at radius 2 is 1.35 bits per heavy atom. The predicted molar refractivity (Wildman–Crippen MR) is 80.3 cm³/mol. The topological polar surface area (TPSA) is 74.6 Å². The highest BCUT2D eigenvalue weighted by atomic mass is 31.2. The second-order valence-electron chi connectivity index (χ2n) is 4.24. The maximum Gasteiger partial charge on any atom is 0.356 e. The van der Waals surface area contributed by atoms with Gasteiger partial charge in [0, 0.05) is 0 Å². The normalized spacial score (nSPS) is 11.1. The zero-order valence-corrected chi connectivity index (χ0v) is 11.5. The Hall–Kier alpha value is -2.00. The number of rotatable bonds is 1. The zero-order valence-electron chi connectivity index (χ0n) is 10.6. The van der Waals surface area contributed by atoms with E-state index in [4.69, 9.17) is 4.79 Å². The second kappa shape index (κ2) is 5.55. The lowest BCUT2D eigenvalue weighted by molar-refractivity contribution is -0.0979. The fourth-order valence-corrected chi connectivity index (χ4v) is 2.99. The molecule has 3 aromatic carbocycles. The Balaban J connectivity index is 0.000000704. The first kappa shape index (κ1) is 14.4. The van der Waals surface area contributed by atoms with Crippen molar-refractivity contribution in [2.24, 2.45) is 0 Å². The first-order chi connectivity index (χ1) is 9.55. The first-order valence-electron chi connectivity index (χ1n) is 5.82. The summed E-state index contributed by atoms with van der Waals surface area (Å²) in [6.45, 7) is 2.00. The lowest BCUT2D eigenvalue weighted by atomic mass is 10.0. The molecule has 0 saturated heterocycles. The van der Waals surface area contributed by atoms with Crippen molar-refractivity contribution < 1.29 is 19.1 Å². The standard InChI is InChI=1S/C14H11O3P.CH2O/c15-18(16,17)14-7-3-6-12-8-10-4-1-2-5-11(10)9-13(12)14;1-2/h1-9H,(H2,15,16,17);1H2. The van der Waals surface area contributed by atoms with Crippen LogP contribution >= 0.6 is 7.60 Å². The second-order valence-corrected chi connectivity index (χ2v) is 5.81. The van der Waals surface area contributed by atoms with E-state index < -0.39 is 7.60 Å². The van der Waals surface area contributed by atoms with E-state index in [0.717, 1.165) is 16.2 Å². The molecule has 0 unspecified atom stereocenters. The monoisotopic (exact) mass is 288 g/mol. The van der Waals surface area contributed by atoms with Gasteiger partial charge in [-0.2, -0.15) is 0 Å². The van der Waals surface area contributed by atoms with E-state index in [1.807, 2.05) is 49.3 Å². The van der Waals surface area contributed by atoms with Crippen molar-refractivity contribution in [3.05, 3.63) is 54.6 Å². The van der Waals surface area contributed by atoms with Crippen LogP contribution in [0.15, 0.2) is 54.6 Å². The summed E-state index contributed by atoms with van der Waals surface area (Å²) in [5.41, 5.74) is 0. The van der Waals surface area contributed by atoms with Crippen LogP contribution in [0.4, 0.5) is 0 Å². The maximum atomic E-state index is 11.5. The van der Waals surface area contributed by atoms with Gasteiger partial charge in [-0.05, 0) is 39.7 Å². The van der Waals surface area contributed by atoms with Crippen molar-refractivity contribution >= 4 is 41.2 Å². The summed E-state index contributed by atoms with van der Waals surface area (Å²) in [5.74, 6) is 0. The minimum absolute atomic E-state index is 0.0887. The molecule has 0 saturated carbocycles. The van der Waals surface area contributed by atoms with Crippen molar-refractivity contribution in [3.8, 4) is 0 Å². The van der Waals surface area contributed by atoms with Crippen LogP contribution in [0.1, 0.15) is 0 Å². The maximum absolute atomic E-state index is 11.5. The summed E-state index contributed by atoms with van der Waals surface area (Å²) in [5, 5.41) is 3.59. The van der Waals surface area contributed by atoms with Gasteiger partial charge < -0.3 is 14.6 Å². The average molecular weight is 288 g/mol. The van der Waals surface area contributed by atoms with Gasteiger partial charge in [0.15, 0.2) is 0 Å². The smallest absolute Gasteiger partial charge is 0.321 e. The van der Waals surface area contributed by atoms with Crippen molar-refractivity contribution in [2.75, 3.05) is 0 Å². The van der Waals surface area contributed by atoms with Crippen molar-refractivity contribution in [2.45, 2.75) is 0 Å². The minimum atomic E-state index is -4.24. The number of hydrogen-bond donors (Lipinski definition) is 2. The highest BCUT2D eigenvalue weighted by molar-refractivity contribution is 7.60. The van der Waals surface area contributed by atoms with E-state index in [0.29, 0.717) is 5.39 Å². The quantitative estimate of drug-likeness (QED) is 0.533. The zero-order chi connectivity index (χ0) is 14.8. The van der Waals surface area contributed by atoms with Gasteiger partial charge in [-0.25, -0.2) is 0 Å². The van der Waals surface area contributed by atoms with E-state index in [1.165, 1.54) is 6.07 Å².